The van der Waals surface area contributed by atoms with E-state index in [2.05, 4.69) is 61.4 Å². The summed E-state index contributed by atoms with van der Waals surface area (Å²) in [6.07, 6.45) is 6.77. The molecule has 0 radical (unpaired) electrons. The van der Waals surface area contributed by atoms with Gasteiger partial charge < -0.3 is 9.88 Å². The maximum atomic E-state index is 4.77. The first-order valence-electron chi connectivity index (χ1n) is 7.72. The molecule has 0 aromatic carbocycles. The predicted octanol–water partition coefficient (Wildman–Crippen LogP) is 4.35. The maximum Gasteiger partial charge on any atom is 0.113 e. The van der Waals surface area contributed by atoms with Gasteiger partial charge in [-0.2, -0.15) is 0 Å². The third-order valence-corrected chi connectivity index (χ3v) is 4.57. The summed E-state index contributed by atoms with van der Waals surface area (Å²) in [6.45, 7) is 9.72. The third kappa shape index (κ3) is 4.17. The predicted molar refractivity (Wildman–Crippen MR) is 91.1 cm³/mol. The highest BCUT2D eigenvalue weighted by molar-refractivity contribution is 7.09. The summed E-state index contributed by atoms with van der Waals surface area (Å²) in [5.41, 5.74) is 2.69. The molecule has 0 bridgehead atoms. The molecule has 0 spiro atoms. The van der Waals surface area contributed by atoms with E-state index in [0.717, 1.165) is 6.54 Å². The number of aromatic nitrogens is 2. The molecule has 2 aromatic rings. The topological polar surface area (TPSA) is 29.9 Å². The third-order valence-electron chi connectivity index (χ3n) is 3.74. The summed E-state index contributed by atoms with van der Waals surface area (Å²) in [7, 11) is 2.04. The molecule has 0 aliphatic carbocycles. The van der Waals surface area contributed by atoms with Crippen LogP contribution in [0.2, 0.25) is 0 Å². The van der Waals surface area contributed by atoms with Gasteiger partial charge in [0.2, 0.25) is 0 Å². The lowest BCUT2D eigenvalue weighted by molar-refractivity contribution is 0.540. The second-order valence-corrected chi connectivity index (χ2v) is 7.57. The molecule has 0 aliphatic heterocycles. The first-order chi connectivity index (χ1) is 9.94. The van der Waals surface area contributed by atoms with Crippen molar-refractivity contribution < 1.29 is 0 Å². The van der Waals surface area contributed by atoms with Gasteiger partial charge in [0.1, 0.15) is 5.01 Å². The molecule has 3 nitrogen and oxygen atoms in total. The van der Waals surface area contributed by atoms with Gasteiger partial charge in [-0.15, -0.1) is 11.3 Å². The van der Waals surface area contributed by atoms with Crippen LogP contribution in [-0.4, -0.2) is 16.6 Å². The Bertz CT molecular complexity index is 563. The number of rotatable bonds is 6. The van der Waals surface area contributed by atoms with E-state index in [1.165, 1.54) is 29.1 Å². The summed E-state index contributed by atoms with van der Waals surface area (Å²) in [5, 5.41) is 6.76. The van der Waals surface area contributed by atoms with E-state index in [1.54, 1.807) is 11.3 Å². The lowest BCUT2D eigenvalue weighted by Gasteiger charge is -2.14. The van der Waals surface area contributed by atoms with Crippen LogP contribution in [0.1, 0.15) is 62.8 Å². The van der Waals surface area contributed by atoms with E-state index in [1.807, 2.05) is 7.05 Å². The van der Waals surface area contributed by atoms with E-state index in [4.69, 9.17) is 4.98 Å². The van der Waals surface area contributed by atoms with Crippen LogP contribution in [0.25, 0.3) is 0 Å². The Balaban J connectivity index is 2.07. The molecular weight excluding hydrogens is 278 g/mol. The van der Waals surface area contributed by atoms with Gasteiger partial charge in [0.25, 0.3) is 0 Å². The fraction of sp³-hybridized carbons (Fsp3) is 0.588. The quantitative estimate of drug-likeness (QED) is 0.860. The number of hydrogen-bond donors (Lipinski definition) is 1. The molecule has 0 amide bonds. The van der Waals surface area contributed by atoms with E-state index in [-0.39, 0.29) is 5.41 Å². The van der Waals surface area contributed by atoms with Gasteiger partial charge >= 0.3 is 0 Å². The molecule has 1 atom stereocenters. The zero-order valence-corrected chi connectivity index (χ0v) is 14.6. The van der Waals surface area contributed by atoms with Gasteiger partial charge in [0.15, 0.2) is 0 Å². The van der Waals surface area contributed by atoms with Crippen LogP contribution in [0, 0.1) is 0 Å². The molecule has 4 heteroatoms. The first kappa shape index (κ1) is 16.2. The van der Waals surface area contributed by atoms with Crippen LogP contribution in [0.15, 0.2) is 23.8 Å². The molecule has 116 valence electrons. The minimum atomic E-state index is 0.134. The molecule has 2 heterocycles. The van der Waals surface area contributed by atoms with Crippen LogP contribution in [-0.2, 0) is 12.0 Å². The molecule has 0 saturated heterocycles. The van der Waals surface area contributed by atoms with Gasteiger partial charge in [-0.3, -0.25) is 0 Å². The summed E-state index contributed by atoms with van der Waals surface area (Å²) in [5.74, 6) is 0. The molecule has 21 heavy (non-hydrogen) atoms. The van der Waals surface area contributed by atoms with Gasteiger partial charge in [-0.1, -0.05) is 34.1 Å². The van der Waals surface area contributed by atoms with Crippen molar-refractivity contribution in [2.24, 2.45) is 0 Å². The average Bonchev–Trinajstić information content (AvgIpc) is 3.05. The largest absolute Gasteiger partial charge is 0.347 e. The van der Waals surface area contributed by atoms with E-state index < -0.39 is 0 Å². The van der Waals surface area contributed by atoms with Gasteiger partial charge in [-0.25, -0.2) is 4.98 Å². The summed E-state index contributed by atoms with van der Waals surface area (Å²) < 4.78 is 2.24. The second-order valence-electron chi connectivity index (χ2n) is 6.62. The second kappa shape index (κ2) is 6.75. The molecular formula is C17H27N3S. The van der Waals surface area contributed by atoms with Gasteiger partial charge in [-0.05, 0) is 25.1 Å². The van der Waals surface area contributed by atoms with E-state index in [9.17, 15) is 0 Å². The Labute approximate surface area is 132 Å². The normalized spacial score (nSPS) is 13.6. The molecule has 2 aromatic heterocycles. The lowest BCUT2D eigenvalue weighted by Crippen LogP contribution is -2.15. The Morgan fingerprint density at radius 1 is 1.38 bits per heavy atom. The van der Waals surface area contributed by atoms with Crippen LogP contribution in [0.5, 0.6) is 0 Å². The van der Waals surface area contributed by atoms with Crippen molar-refractivity contribution >= 4 is 11.3 Å². The fourth-order valence-electron chi connectivity index (χ4n) is 2.41. The van der Waals surface area contributed by atoms with E-state index in [0.29, 0.717) is 6.04 Å². The highest BCUT2D eigenvalue weighted by Gasteiger charge is 2.17. The van der Waals surface area contributed by atoms with Crippen molar-refractivity contribution in [3.05, 3.63) is 40.1 Å². The zero-order valence-electron chi connectivity index (χ0n) is 13.8. The van der Waals surface area contributed by atoms with Crippen molar-refractivity contribution in [2.45, 2.75) is 58.5 Å². The summed E-state index contributed by atoms with van der Waals surface area (Å²) in [6, 6.07) is 2.67. The Kier molecular flexibility index (Phi) is 5.22. The average molecular weight is 305 g/mol. The summed E-state index contributed by atoms with van der Waals surface area (Å²) in [4.78, 5) is 4.77. The number of hydrogen-bond acceptors (Lipinski definition) is 3. The highest BCUT2D eigenvalue weighted by Crippen LogP contribution is 2.25. The molecule has 0 fully saturated rings. The first-order valence-corrected chi connectivity index (χ1v) is 8.59. The van der Waals surface area contributed by atoms with Gasteiger partial charge in [0.05, 0.1) is 12.2 Å². The van der Waals surface area contributed by atoms with Crippen molar-refractivity contribution in [3.63, 3.8) is 0 Å². The molecule has 2 rings (SSSR count). The molecule has 0 aliphatic rings. The minimum Gasteiger partial charge on any atom is -0.347 e. The van der Waals surface area contributed by atoms with E-state index >= 15 is 0 Å². The van der Waals surface area contributed by atoms with Crippen molar-refractivity contribution in [2.75, 3.05) is 7.05 Å². The maximum absolute atomic E-state index is 4.77. The molecule has 0 saturated carbocycles. The van der Waals surface area contributed by atoms with Crippen molar-refractivity contribution in [3.8, 4) is 0 Å². The zero-order chi connectivity index (χ0) is 15.5. The SMILES string of the molecule is CCCC(NC)c1ccn(Cc2nc(C(C)(C)C)cs2)c1. The smallest absolute Gasteiger partial charge is 0.113 e. The van der Waals surface area contributed by atoms with Crippen LogP contribution >= 0.6 is 11.3 Å². The van der Waals surface area contributed by atoms with Crippen molar-refractivity contribution in [1.29, 1.82) is 0 Å². The van der Waals surface area contributed by atoms with Crippen molar-refractivity contribution in [1.82, 2.24) is 14.9 Å². The highest BCUT2D eigenvalue weighted by atomic mass is 32.1. The van der Waals surface area contributed by atoms with Crippen LogP contribution in [0.4, 0.5) is 0 Å². The standard InChI is InChI=1S/C17H27N3S/c1-6-7-14(18-5)13-8-9-20(10-13)11-16-19-15(12-21-16)17(2,3)4/h8-10,12,14,18H,6-7,11H2,1-5H3. The number of nitrogens with zero attached hydrogens (tertiary/aromatic N) is 2. The van der Waals surface area contributed by atoms with Gasteiger partial charge in [0, 0.05) is 29.2 Å². The Morgan fingerprint density at radius 2 is 2.14 bits per heavy atom. The number of nitrogens with one attached hydrogen (secondary N) is 1. The molecule has 1 N–H and O–H groups in total. The number of thiazole rings is 1. The van der Waals surface area contributed by atoms with Crippen LogP contribution in [0.3, 0.4) is 0 Å². The summed E-state index contributed by atoms with van der Waals surface area (Å²) >= 11 is 1.76. The monoisotopic (exact) mass is 305 g/mol. The lowest BCUT2D eigenvalue weighted by atomic mass is 9.93. The fourth-order valence-corrected chi connectivity index (χ4v) is 3.44. The Hall–Kier alpha value is -1.13. The minimum absolute atomic E-state index is 0.134. The molecule has 1 unspecified atom stereocenters. The van der Waals surface area contributed by atoms with Crippen LogP contribution < -0.4 is 5.32 Å². The Morgan fingerprint density at radius 3 is 2.71 bits per heavy atom.